The van der Waals surface area contributed by atoms with Gasteiger partial charge in [0, 0.05) is 12.8 Å². The molecule has 0 radical (unpaired) electrons. The summed E-state index contributed by atoms with van der Waals surface area (Å²) in [6.45, 7) is 4.88. The van der Waals surface area contributed by atoms with Crippen molar-refractivity contribution in [3.63, 3.8) is 0 Å². The van der Waals surface area contributed by atoms with E-state index in [1.165, 1.54) is 244 Å². The van der Waals surface area contributed by atoms with Gasteiger partial charge in [0.2, 0.25) is 5.91 Å². The van der Waals surface area contributed by atoms with Gasteiger partial charge in [0.05, 0.1) is 25.4 Å². The number of unbranched alkanes of at least 4 members (excludes halogenated alkanes) is 40. The number of carbonyl (C=O) groups excluding carboxylic acids is 2. The van der Waals surface area contributed by atoms with Crippen molar-refractivity contribution < 1.29 is 24.5 Å². The third kappa shape index (κ3) is 58.7. The van der Waals surface area contributed by atoms with Crippen LogP contribution in [0, 0.1) is 0 Å². The Labute approximate surface area is 454 Å². The van der Waals surface area contributed by atoms with Crippen molar-refractivity contribution in [2.24, 2.45) is 0 Å². The standard InChI is InChI=1S/C67H123NO5/c1-3-5-7-9-11-13-15-17-18-33-37-41-45-49-53-57-61-67(72)73-62-58-54-50-46-42-38-34-31-29-27-25-23-21-19-20-22-24-26-28-30-32-36-40-44-48-52-56-60-66(71)68-64(63-69)65(70)59-55-51-47-43-39-35-16-14-12-10-8-6-4-2/h13,15,18-20,23,25,33,55,59,64-65,69-70H,3-12,14,16-17,21-22,24,26-32,34-54,56-58,60-63H2,1-2H3,(H,68,71)/b15-13-,20-19-,25-23-,33-18-,59-55+. The number of hydrogen-bond acceptors (Lipinski definition) is 5. The fourth-order valence-electron chi connectivity index (χ4n) is 9.58. The van der Waals surface area contributed by atoms with Crippen molar-refractivity contribution in [2.45, 2.75) is 341 Å². The summed E-state index contributed by atoms with van der Waals surface area (Å²) in [6.07, 6.45) is 81.3. The van der Waals surface area contributed by atoms with Gasteiger partial charge in [-0.25, -0.2) is 0 Å². The largest absolute Gasteiger partial charge is 0.466 e. The number of esters is 1. The van der Waals surface area contributed by atoms with Crippen LogP contribution in [0.25, 0.3) is 0 Å². The monoisotopic (exact) mass is 1020 g/mol. The van der Waals surface area contributed by atoms with E-state index in [0.29, 0.717) is 19.4 Å². The molecule has 0 fully saturated rings. The highest BCUT2D eigenvalue weighted by Crippen LogP contribution is 2.16. The van der Waals surface area contributed by atoms with Crippen LogP contribution in [0.2, 0.25) is 0 Å². The summed E-state index contributed by atoms with van der Waals surface area (Å²) in [5.41, 5.74) is 0. The van der Waals surface area contributed by atoms with E-state index in [2.05, 4.69) is 67.8 Å². The number of amides is 1. The molecule has 0 rings (SSSR count). The molecular weight excluding hydrogens is 899 g/mol. The fourth-order valence-corrected chi connectivity index (χ4v) is 9.58. The Morgan fingerprint density at radius 3 is 1.05 bits per heavy atom. The Morgan fingerprint density at radius 2 is 0.685 bits per heavy atom. The smallest absolute Gasteiger partial charge is 0.305 e. The summed E-state index contributed by atoms with van der Waals surface area (Å²) in [7, 11) is 0. The molecule has 1 amide bonds. The molecule has 0 aliphatic rings. The Morgan fingerprint density at radius 1 is 0.384 bits per heavy atom. The highest BCUT2D eigenvalue weighted by Gasteiger charge is 2.18. The van der Waals surface area contributed by atoms with E-state index in [0.717, 1.165) is 57.8 Å². The number of ether oxygens (including phenoxy) is 1. The fraction of sp³-hybridized carbons (Fsp3) is 0.821. The van der Waals surface area contributed by atoms with Crippen molar-refractivity contribution in [2.75, 3.05) is 13.2 Å². The lowest BCUT2D eigenvalue weighted by Gasteiger charge is -2.20. The van der Waals surface area contributed by atoms with E-state index >= 15 is 0 Å². The predicted molar refractivity (Wildman–Crippen MR) is 319 cm³/mol. The minimum Gasteiger partial charge on any atom is -0.466 e. The second kappa shape index (κ2) is 62.1. The van der Waals surface area contributed by atoms with Gasteiger partial charge >= 0.3 is 5.97 Å². The van der Waals surface area contributed by atoms with Gasteiger partial charge in [0.25, 0.3) is 0 Å². The molecule has 0 bridgehead atoms. The molecule has 0 saturated carbocycles. The molecule has 6 heteroatoms. The Bertz CT molecular complexity index is 1270. The van der Waals surface area contributed by atoms with E-state index in [1.807, 2.05) is 6.08 Å². The minimum absolute atomic E-state index is 0.00377. The van der Waals surface area contributed by atoms with Gasteiger partial charge in [-0.3, -0.25) is 9.59 Å². The van der Waals surface area contributed by atoms with Gasteiger partial charge in [-0.15, -0.1) is 0 Å². The number of hydrogen-bond donors (Lipinski definition) is 3. The van der Waals surface area contributed by atoms with Gasteiger partial charge in [-0.1, -0.05) is 280 Å². The highest BCUT2D eigenvalue weighted by atomic mass is 16.5. The Hall–Kier alpha value is -2.44. The topological polar surface area (TPSA) is 95.9 Å². The molecule has 0 aromatic heterocycles. The molecular formula is C67H123NO5. The maximum atomic E-state index is 12.4. The molecule has 2 atom stereocenters. The average Bonchev–Trinajstić information content (AvgIpc) is 3.39. The van der Waals surface area contributed by atoms with Gasteiger partial charge in [-0.05, 0) is 96.3 Å². The van der Waals surface area contributed by atoms with Gasteiger partial charge in [0.15, 0.2) is 0 Å². The summed E-state index contributed by atoms with van der Waals surface area (Å²) in [5.74, 6) is -0.0755. The maximum absolute atomic E-state index is 12.4. The van der Waals surface area contributed by atoms with Crippen molar-refractivity contribution in [3.05, 3.63) is 60.8 Å². The molecule has 0 heterocycles. The first-order chi connectivity index (χ1) is 36.0. The van der Waals surface area contributed by atoms with E-state index in [9.17, 15) is 19.8 Å². The zero-order chi connectivity index (χ0) is 52.9. The van der Waals surface area contributed by atoms with Gasteiger partial charge < -0.3 is 20.3 Å². The zero-order valence-corrected chi connectivity index (χ0v) is 48.6. The molecule has 6 nitrogen and oxygen atoms in total. The summed E-state index contributed by atoms with van der Waals surface area (Å²) < 4.78 is 5.48. The number of rotatable bonds is 59. The molecule has 73 heavy (non-hydrogen) atoms. The molecule has 0 aliphatic carbocycles. The lowest BCUT2D eigenvalue weighted by molar-refractivity contribution is -0.143. The van der Waals surface area contributed by atoms with Crippen molar-refractivity contribution in [3.8, 4) is 0 Å². The minimum atomic E-state index is -0.847. The molecule has 426 valence electrons. The third-order valence-corrected chi connectivity index (χ3v) is 14.5. The predicted octanol–water partition coefficient (Wildman–Crippen LogP) is 20.3. The molecule has 2 unspecified atom stereocenters. The second-order valence-corrected chi connectivity index (χ2v) is 21.7. The lowest BCUT2D eigenvalue weighted by atomic mass is 10.0. The van der Waals surface area contributed by atoms with Crippen LogP contribution < -0.4 is 5.32 Å². The Balaban J connectivity index is 3.44. The van der Waals surface area contributed by atoms with Gasteiger partial charge in [-0.2, -0.15) is 0 Å². The molecule has 0 aromatic carbocycles. The number of nitrogens with one attached hydrogen (secondary N) is 1. The number of aliphatic hydroxyl groups excluding tert-OH is 2. The van der Waals surface area contributed by atoms with Crippen LogP contribution in [-0.2, 0) is 14.3 Å². The maximum Gasteiger partial charge on any atom is 0.305 e. The third-order valence-electron chi connectivity index (χ3n) is 14.5. The number of allylic oxidation sites excluding steroid dienone is 9. The second-order valence-electron chi connectivity index (χ2n) is 21.7. The first-order valence-electron chi connectivity index (χ1n) is 32.1. The van der Waals surface area contributed by atoms with E-state index in [1.54, 1.807) is 6.08 Å². The molecule has 0 aliphatic heterocycles. The van der Waals surface area contributed by atoms with E-state index in [4.69, 9.17) is 4.74 Å². The van der Waals surface area contributed by atoms with Crippen LogP contribution in [0.3, 0.4) is 0 Å². The van der Waals surface area contributed by atoms with Crippen molar-refractivity contribution in [1.29, 1.82) is 0 Å². The zero-order valence-electron chi connectivity index (χ0n) is 48.6. The van der Waals surface area contributed by atoms with E-state index in [-0.39, 0.29) is 18.5 Å². The summed E-state index contributed by atoms with van der Waals surface area (Å²) in [5, 5.41) is 23.1. The van der Waals surface area contributed by atoms with Crippen LogP contribution in [-0.4, -0.2) is 47.4 Å². The first kappa shape index (κ1) is 70.6. The number of carbonyl (C=O) groups is 2. The first-order valence-corrected chi connectivity index (χ1v) is 32.1. The van der Waals surface area contributed by atoms with Crippen LogP contribution in [0.15, 0.2) is 60.8 Å². The summed E-state index contributed by atoms with van der Waals surface area (Å²) in [4.78, 5) is 24.5. The van der Waals surface area contributed by atoms with Crippen LogP contribution in [0.4, 0.5) is 0 Å². The summed E-state index contributed by atoms with van der Waals surface area (Å²) in [6, 6.07) is -0.631. The highest BCUT2D eigenvalue weighted by molar-refractivity contribution is 5.76. The lowest BCUT2D eigenvalue weighted by Crippen LogP contribution is -2.45. The SMILES string of the molecule is CCCCCC/C=C\C/C=C\CCCCCCCC(=O)OCCCCCCCCCCC/C=C\C/C=C\CCCCCCCCCCCCCC(=O)NC(CO)C(O)/C=C/CCCCCCCCCCCCC. The quantitative estimate of drug-likeness (QED) is 0.0320. The van der Waals surface area contributed by atoms with Crippen molar-refractivity contribution in [1.82, 2.24) is 5.32 Å². The summed E-state index contributed by atoms with van der Waals surface area (Å²) >= 11 is 0. The Kier molecular flexibility index (Phi) is 60.0. The van der Waals surface area contributed by atoms with Gasteiger partial charge in [0.1, 0.15) is 0 Å². The van der Waals surface area contributed by atoms with E-state index < -0.39 is 12.1 Å². The van der Waals surface area contributed by atoms with Crippen molar-refractivity contribution >= 4 is 11.9 Å². The average molecular weight is 1020 g/mol. The van der Waals surface area contributed by atoms with Crippen LogP contribution in [0.1, 0.15) is 328 Å². The molecule has 0 spiro atoms. The van der Waals surface area contributed by atoms with Crippen LogP contribution >= 0.6 is 0 Å². The number of aliphatic hydroxyl groups is 2. The van der Waals surface area contributed by atoms with Crippen LogP contribution in [0.5, 0.6) is 0 Å². The normalized spacial score (nSPS) is 13.0. The molecule has 0 aromatic rings. The molecule has 0 saturated heterocycles. The molecule has 3 N–H and O–H groups in total.